The van der Waals surface area contributed by atoms with Gasteiger partial charge in [-0.3, -0.25) is 0 Å². The number of aryl methyl sites for hydroxylation is 1. The molecular weight excluding hydrogens is 183 g/mol. The predicted octanol–water partition coefficient (Wildman–Crippen LogP) is 0.542. The first-order valence-electron chi connectivity index (χ1n) is 4.34. The minimum absolute atomic E-state index is 0.203. The summed E-state index contributed by atoms with van der Waals surface area (Å²) in [5.41, 5.74) is 0.203. The summed E-state index contributed by atoms with van der Waals surface area (Å²) in [5.74, 6) is -0.131. The van der Waals surface area contributed by atoms with Crippen molar-refractivity contribution in [2.75, 3.05) is 6.61 Å². The molecule has 6 heteroatoms. The molecule has 14 heavy (non-hydrogen) atoms. The smallest absolute Gasteiger partial charge is 0.376 e. The lowest BCUT2D eigenvalue weighted by atomic mass is 10.4. The molecule has 0 fully saturated rings. The summed E-state index contributed by atoms with van der Waals surface area (Å²) in [4.78, 5) is 11.2. The summed E-state index contributed by atoms with van der Waals surface area (Å²) in [7, 11) is 5.00. The molecule has 0 atom stereocenters. The zero-order valence-corrected chi connectivity index (χ0v) is 8.19. The largest absolute Gasteiger partial charge is 0.555 e. The van der Waals surface area contributed by atoms with E-state index in [-0.39, 0.29) is 5.69 Å². The Kier molecular flexibility index (Phi) is 3.56. The quantitative estimate of drug-likeness (QED) is 0.518. The number of hydrogen-bond acceptors (Lipinski definition) is 4. The lowest BCUT2D eigenvalue weighted by molar-refractivity contribution is 0.0518. The summed E-state index contributed by atoms with van der Waals surface area (Å²) in [5, 5.41) is 3.96. The van der Waals surface area contributed by atoms with Crippen LogP contribution in [0.3, 0.4) is 0 Å². The Morgan fingerprint density at radius 3 is 2.79 bits per heavy atom. The van der Waals surface area contributed by atoms with E-state index in [1.54, 1.807) is 6.92 Å². The molecule has 0 saturated heterocycles. The molecule has 0 amide bonds. The first-order chi connectivity index (χ1) is 6.72. The van der Waals surface area contributed by atoms with Gasteiger partial charge in [-0.15, -0.1) is 0 Å². The minimum Gasteiger partial charge on any atom is -0.555 e. The molecule has 0 bridgehead atoms. The molecule has 0 aliphatic heterocycles. The third kappa shape index (κ3) is 2.07. The normalized spacial score (nSPS) is 9.86. The molecule has 0 aliphatic carbocycles. The van der Waals surface area contributed by atoms with Crippen LogP contribution in [0.25, 0.3) is 0 Å². The van der Waals surface area contributed by atoms with E-state index in [0.29, 0.717) is 19.0 Å². The van der Waals surface area contributed by atoms with Crippen molar-refractivity contribution in [1.29, 1.82) is 0 Å². The highest BCUT2D eigenvalue weighted by molar-refractivity contribution is 6.00. The molecule has 0 spiro atoms. The summed E-state index contributed by atoms with van der Waals surface area (Å²) in [6.07, 6.45) is 0. The standard InChI is InChI=1S/C8H11BN2O3/c1-3-11-7(14-9)5-6(10-11)8(12)13-4-2/h5H,3-4H2,1-2H3. The van der Waals surface area contributed by atoms with Gasteiger partial charge >= 0.3 is 14.0 Å². The van der Waals surface area contributed by atoms with Crippen LogP contribution >= 0.6 is 0 Å². The van der Waals surface area contributed by atoms with Crippen LogP contribution < -0.4 is 4.65 Å². The second-order valence-corrected chi connectivity index (χ2v) is 2.52. The molecule has 0 N–H and O–H groups in total. The summed E-state index contributed by atoms with van der Waals surface area (Å²) in [6, 6.07) is 1.45. The highest BCUT2D eigenvalue weighted by atomic mass is 16.5. The molecule has 2 radical (unpaired) electrons. The first-order valence-corrected chi connectivity index (χ1v) is 4.34. The fourth-order valence-electron chi connectivity index (χ4n) is 1.03. The van der Waals surface area contributed by atoms with Gasteiger partial charge in [-0.05, 0) is 13.8 Å². The van der Waals surface area contributed by atoms with Crippen molar-refractivity contribution in [3.05, 3.63) is 11.8 Å². The maximum Gasteiger partial charge on any atom is 0.376 e. The number of ether oxygens (including phenoxy) is 1. The van der Waals surface area contributed by atoms with Crippen molar-refractivity contribution in [2.45, 2.75) is 20.4 Å². The van der Waals surface area contributed by atoms with Crippen LogP contribution in [0.5, 0.6) is 5.88 Å². The Morgan fingerprint density at radius 1 is 1.64 bits per heavy atom. The third-order valence-electron chi connectivity index (χ3n) is 1.65. The van der Waals surface area contributed by atoms with Crippen molar-refractivity contribution in [3.8, 4) is 5.88 Å². The van der Waals surface area contributed by atoms with Gasteiger partial charge in [0.1, 0.15) is 0 Å². The molecule has 0 aliphatic rings. The lowest BCUT2D eigenvalue weighted by Crippen LogP contribution is -2.07. The monoisotopic (exact) mass is 194 g/mol. The zero-order valence-electron chi connectivity index (χ0n) is 8.19. The Hall–Kier alpha value is -1.46. The second-order valence-electron chi connectivity index (χ2n) is 2.52. The van der Waals surface area contributed by atoms with E-state index in [1.165, 1.54) is 10.7 Å². The molecule has 1 aromatic rings. The average Bonchev–Trinajstić information content (AvgIpc) is 2.61. The number of rotatable bonds is 4. The Bertz CT molecular complexity index is 303. The fraction of sp³-hybridized carbons (Fsp3) is 0.500. The van der Waals surface area contributed by atoms with E-state index in [9.17, 15) is 4.79 Å². The van der Waals surface area contributed by atoms with Gasteiger partial charge < -0.3 is 9.39 Å². The number of hydrogen-bond donors (Lipinski definition) is 0. The van der Waals surface area contributed by atoms with Crippen molar-refractivity contribution in [3.63, 3.8) is 0 Å². The van der Waals surface area contributed by atoms with Gasteiger partial charge in [0, 0.05) is 12.6 Å². The number of esters is 1. The maximum atomic E-state index is 11.2. The maximum absolute atomic E-state index is 11.2. The SMILES string of the molecule is [B]Oc1cc(C(=O)OCC)nn1CC. The Labute approximate surface area is 83.4 Å². The van der Waals surface area contributed by atoms with E-state index in [2.05, 4.69) is 9.75 Å². The van der Waals surface area contributed by atoms with Crippen molar-refractivity contribution < 1.29 is 14.2 Å². The van der Waals surface area contributed by atoms with E-state index in [1.807, 2.05) is 6.92 Å². The lowest BCUT2D eigenvalue weighted by Gasteiger charge is -2.00. The molecular formula is C8H11BN2O3. The summed E-state index contributed by atoms with van der Waals surface area (Å²) < 4.78 is 10.8. The van der Waals surface area contributed by atoms with Crippen LogP contribution in [-0.2, 0) is 11.3 Å². The molecule has 0 saturated carbocycles. The van der Waals surface area contributed by atoms with Crippen molar-refractivity contribution in [1.82, 2.24) is 9.78 Å². The van der Waals surface area contributed by atoms with Crippen LogP contribution in [0.4, 0.5) is 0 Å². The van der Waals surface area contributed by atoms with Crippen molar-refractivity contribution in [2.24, 2.45) is 0 Å². The molecule has 0 unspecified atom stereocenters. The molecule has 5 nitrogen and oxygen atoms in total. The van der Waals surface area contributed by atoms with Gasteiger partial charge in [0.2, 0.25) is 0 Å². The highest BCUT2D eigenvalue weighted by Gasteiger charge is 2.14. The zero-order chi connectivity index (χ0) is 10.6. The van der Waals surface area contributed by atoms with E-state index in [4.69, 9.17) is 12.8 Å². The van der Waals surface area contributed by atoms with Crippen LogP contribution in [-0.4, -0.2) is 30.4 Å². The van der Waals surface area contributed by atoms with Gasteiger partial charge in [-0.25, -0.2) is 9.48 Å². The second kappa shape index (κ2) is 4.69. The average molecular weight is 194 g/mol. The Balaban J connectivity index is 2.88. The number of nitrogens with zero attached hydrogens (tertiary/aromatic N) is 2. The van der Waals surface area contributed by atoms with E-state index >= 15 is 0 Å². The van der Waals surface area contributed by atoms with Crippen LogP contribution in [0.15, 0.2) is 6.07 Å². The number of aromatic nitrogens is 2. The summed E-state index contributed by atoms with van der Waals surface area (Å²) in [6.45, 7) is 4.49. The van der Waals surface area contributed by atoms with Crippen molar-refractivity contribution >= 4 is 14.0 Å². The molecule has 1 rings (SSSR count). The van der Waals surface area contributed by atoms with E-state index < -0.39 is 5.97 Å². The van der Waals surface area contributed by atoms with Crippen LogP contribution in [0, 0.1) is 0 Å². The Morgan fingerprint density at radius 2 is 2.36 bits per heavy atom. The van der Waals surface area contributed by atoms with Gasteiger partial charge in [-0.2, -0.15) is 5.10 Å². The van der Waals surface area contributed by atoms with Gasteiger partial charge in [0.25, 0.3) is 0 Å². The first kappa shape index (κ1) is 10.6. The van der Waals surface area contributed by atoms with Gasteiger partial charge in [0.15, 0.2) is 11.6 Å². The van der Waals surface area contributed by atoms with Gasteiger partial charge in [-0.1, -0.05) is 0 Å². The minimum atomic E-state index is -0.474. The summed E-state index contributed by atoms with van der Waals surface area (Å²) >= 11 is 0. The van der Waals surface area contributed by atoms with E-state index in [0.717, 1.165) is 0 Å². The van der Waals surface area contributed by atoms with Crippen LogP contribution in [0.1, 0.15) is 24.3 Å². The molecule has 0 aromatic carbocycles. The third-order valence-corrected chi connectivity index (χ3v) is 1.65. The highest BCUT2D eigenvalue weighted by Crippen LogP contribution is 2.13. The predicted molar refractivity (Wildman–Crippen MR) is 50.2 cm³/mol. The fourth-order valence-corrected chi connectivity index (χ4v) is 1.03. The number of carbonyl (C=O) groups excluding carboxylic acids is 1. The molecule has 1 aromatic heterocycles. The topological polar surface area (TPSA) is 53.4 Å². The molecule has 74 valence electrons. The van der Waals surface area contributed by atoms with Crippen LogP contribution in [0.2, 0.25) is 0 Å². The van der Waals surface area contributed by atoms with Gasteiger partial charge in [0.05, 0.1) is 6.61 Å². The molecule has 1 heterocycles. The number of carbonyl (C=O) groups is 1.